The number of para-hydroxylation sites is 1. The van der Waals surface area contributed by atoms with Crippen LogP contribution in [0, 0.1) is 0 Å². The summed E-state index contributed by atoms with van der Waals surface area (Å²) >= 11 is 0. The lowest BCUT2D eigenvalue weighted by Crippen LogP contribution is -2.33. The second-order valence-corrected chi connectivity index (χ2v) is 4.65. The molecule has 1 amide bonds. The third-order valence-corrected chi connectivity index (χ3v) is 3.17. The normalized spacial score (nSPS) is 10.5. The van der Waals surface area contributed by atoms with E-state index in [-0.39, 0.29) is 12.5 Å². The van der Waals surface area contributed by atoms with Gasteiger partial charge in [0.05, 0.1) is 10.9 Å². The van der Waals surface area contributed by atoms with Crippen molar-refractivity contribution in [3.8, 4) is 0 Å². The molecular formula is C15H12N4O3. The van der Waals surface area contributed by atoms with Gasteiger partial charge in [-0.3, -0.25) is 24.1 Å². The number of fused-ring (bicyclic) bond motifs is 1. The highest BCUT2D eigenvalue weighted by Crippen LogP contribution is 2.07. The Kier molecular flexibility index (Phi) is 3.53. The van der Waals surface area contributed by atoms with Crippen molar-refractivity contribution in [1.82, 2.24) is 14.5 Å². The fraction of sp³-hybridized carbons (Fsp3) is 0.0667. The number of amides is 1. The molecule has 110 valence electrons. The van der Waals surface area contributed by atoms with Crippen molar-refractivity contribution in [2.45, 2.75) is 6.54 Å². The van der Waals surface area contributed by atoms with Gasteiger partial charge in [0.25, 0.3) is 5.56 Å². The Morgan fingerprint density at radius 2 is 1.86 bits per heavy atom. The number of carbonyl (C=O) groups is 1. The van der Waals surface area contributed by atoms with E-state index in [1.165, 1.54) is 4.57 Å². The standard InChI is InChI=1S/C15H12N4O3/c20-13(17-10-5-7-16-8-6-10)9-19-12-4-2-1-3-11(12)14(21)18-15(19)22/h1-8H,9H2,(H,16,17,20)(H,18,21,22). The van der Waals surface area contributed by atoms with Crippen molar-refractivity contribution < 1.29 is 4.79 Å². The Morgan fingerprint density at radius 1 is 1.14 bits per heavy atom. The molecule has 0 aliphatic rings. The van der Waals surface area contributed by atoms with Crippen molar-refractivity contribution in [2.75, 3.05) is 5.32 Å². The Bertz CT molecular complexity index is 944. The van der Waals surface area contributed by atoms with E-state index < -0.39 is 11.2 Å². The number of benzene rings is 1. The monoisotopic (exact) mass is 296 g/mol. The summed E-state index contributed by atoms with van der Waals surface area (Å²) in [6.07, 6.45) is 3.11. The van der Waals surface area contributed by atoms with Crippen LogP contribution in [0.15, 0.2) is 58.4 Å². The molecule has 7 nitrogen and oxygen atoms in total. The topological polar surface area (TPSA) is 96.9 Å². The zero-order valence-corrected chi connectivity index (χ0v) is 11.4. The maximum atomic E-state index is 12.1. The summed E-state index contributed by atoms with van der Waals surface area (Å²) in [6, 6.07) is 9.93. The molecule has 0 bridgehead atoms. The van der Waals surface area contributed by atoms with Crippen LogP contribution in [0.1, 0.15) is 0 Å². The molecule has 0 fully saturated rings. The highest BCUT2D eigenvalue weighted by Gasteiger charge is 2.10. The number of aromatic nitrogens is 3. The maximum absolute atomic E-state index is 12.1. The molecule has 2 aromatic heterocycles. The largest absolute Gasteiger partial charge is 0.329 e. The maximum Gasteiger partial charge on any atom is 0.329 e. The summed E-state index contributed by atoms with van der Waals surface area (Å²) in [5.74, 6) is -0.370. The van der Waals surface area contributed by atoms with Gasteiger partial charge in [0, 0.05) is 18.1 Å². The van der Waals surface area contributed by atoms with E-state index >= 15 is 0 Å². The van der Waals surface area contributed by atoms with Crippen LogP contribution in [0.4, 0.5) is 5.69 Å². The zero-order valence-electron chi connectivity index (χ0n) is 11.4. The van der Waals surface area contributed by atoms with Crippen LogP contribution in [-0.4, -0.2) is 20.4 Å². The third kappa shape index (κ3) is 2.64. The number of pyridine rings is 1. The van der Waals surface area contributed by atoms with Crippen molar-refractivity contribution in [2.24, 2.45) is 0 Å². The molecule has 0 unspecified atom stereocenters. The van der Waals surface area contributed by atoms with Crippen LogP contribution in [0.5, 0.6) is 0 Å². The van der Waals surface area contributed by atoms with Crippen molar-refractivity contribution in [3.05, 3.63) is 69.6 Å². The smallest absolute Gasteiger partial charge is 0.324 e. The number of anilines is 1. The molecule has 22 heavy (non-hydrogen) atoms. The van der Waals surface area contributed by atoms with E-state index in [0.29, 0.717) is 16.6 Å². The number of nitrogens with one attached hydrogen (secondary N) is 2. The Morgan fingerprint density at radius 3 is 2.64 bits per heavy atom. The number of nitrogens with zero attached hydrogens (tertiary/aromatic N) is 2. The molecule has 0 spiro atoms. The molecule has 2 N–H and O–H groups in total. The molecule has 2 heterocycles. The molecule has 1 aromatic carbocycles. The van der Waals surface area contributed by atoms with Gasteiger partial charge in [-0.15, -0.1) is 0 Å². The average molecular weight is 296 g/mol. The Balaban J connectivity index is 1.96. The molecule has 3 rings (SSSR count). The molecule has 0 aliphatic carbocycles. The molecule has 0 radical (unpaired) electrons. The van der Waals surface area contributed by atoms with Gasteiger partial charge in [0.15, 0.2) is 0 Å². The second-order valence-electron chi connectivity index (χ2n) is 4.65. The molecule has 0 aliphatic heterocycles. The van der Waals surface area contributed by atoms with Gasteiger partial charge in [0.1, 0.15) is 6.54 Å². The van der Waals surface area contributed by atoms with Gasteiger partial charge in [-0.1, -0.05) is 12.1 Å². The lowest BCUT2D eigenvalue weighted by molar-refractivity contribution is -0.116. The van der Waals surface area contributed by atoms with Gasteiger partial charge in [-0.05, 0) is 24.3 Å². The van der Waals surface area contributed by atoms with Crippen molar-refractivity contribution in [1.29, 1.82) is 0 Å². The predicted molar refractivity (Wildman–Crippen MR) is 81.7 cm³/mol. The number of hydrogen-bond donors (Lipinski definition) is 2. The van der Waals surface area contributed by atoms with Gasteiger partial charge < -0.3 is 5.32 Å². The second kappa shape index (κ2) is 5.65. The van der Waals surface area contributed by atoms with Crippen LogP contribution in [0.2, 0.25) is 0 Å². The highest BCUT2D eigenvalue weighted by molar-refractivity contribution is 5.91. The SMILES string of the molecule is O=C(Cn1c(=O)[nH]c(=O)c2ccccc21)Nc1ccncc1. The van der Waals surface area contributed by atoms with Crippen LogP contribution in [0.3, 0.4) is 0 Å². The van der Waals surface area contributed by atoms with E-state index in [2.05, 4.69) is 15.3 Å². The Labute approximate surface area is 124 Å². The number of H-pyrrole nitrogens is 1. The summed E-state index contributed by atoms with van der Waals surface area (Å²) in [4.78, 5) is 41.9. The van der Waals surface area contributed by atoms with E-state index in [4.69, 9.17) is 0 Å². The van der Waals surface area contributed by atoms with Crippen LogP contribution >= 0.6 is 0 Å². The van der Waals surface area contributed by atoms with E-state index in [9.17, 15) is 14.4 Å². The van der Waals surface area contributed by atoms with E-state index in [1.54, 1.807) is 48.8 Å². The highest BCUT2D eigenvalue weighted by atomic mass is 16.2. The summed E-state index contributed by atoms with van der Waals surface area (Å²) in [5, 5.41) is 3.03. The van der Waals surface area contributed by atoms with Crippen LogP contribution < -0.4 is 16.6 Å². The van der Waals surface area contributed by atoms with Crippen LogP contribution in [0.25, 0.3) is 10.9 Å². The molecule has 0 atom stereocenters. The summed E-state index contributed by atoms with van der Waals surface area (Å²) in [6.45, 7) is -0.196. The fourth-order valence-electron chi connectivity index (χ4n) is 2.18. The third-order valence-electron chi connectivity index (χ3n) is 3.17. The fourth-order valence-corrected chi connectivity index (χ4v) is 2.18. The zero-order chi connectivity index (χ0) is 15.5. The number of aromatic amines is 1. The summed E-state index contributed by atoms with van der Waals surface area (Å²) in [5.41, 5.74) is -0.0807. The number of carbonyl (C=O) groups excluding carboxylic acids is 1. The first kappa shape index (κ1) is 13.7. The molecule has 0 saturated carbocycles. The number of rotatable bonds is 3. The van der Waals surface area contributed by atoms with E-state index in [0.717, 1.165) is 0 Å². The quantitative estimate of drug-likeness (QED) is 0.744. The van der Waals surface area contributed by atoms with Crippen LogP contribution in [-0.2, 0) is 11.3 Å². The lowest BCUT2D eigenvalue weighted by atomic mass is 10.2. The molecule has 0 saturated heterocycles. The van der Waals surface area contributed by atoms with Gasteiger partial charge in [-0.25, -0.2) is 4.79 Å². The lowest BCUT2D eigenvalue weighted by Gasteiger charge is -2.09. The minimum absolute atomic E-state index is 0.196. The Hall–Kier alpha value is -3.22. The minimum Gasteiger partial charge on any atom is -0.324 e. The molecule has 3 aromatic rings. The first-order chi connectivity index (χ1) is 10.6. The van der Waals surface area contributed by atoms with Gasteiger partial charge >= 0.3 is 5.69 Å². The van der Waals surface area contributed by atoms with Gasteiger partial charge in [0.2, 0.25) is 5.91 Å². The molecular weight excluding hydrogens is 284 g/mol. The minimum atomic E-state index is -0.617. The molecule has 7 heteroatoms. The number of hydrogen-bond acceptors (Lipinski definition) is 4. The summed E-state index contributed by atoms with van der Waals surface area (Å²) in [7, 11) is 0. The van der Waals surface area contributed by atoms with Crippen molar-refractivity contribution >= 4 is 22.5 Å². The first-order valence-electron chi connectivity index (χ1n) is 6.57. The van der Waals surface area contributed by atoms with E-state index in [1.807, 2.05) is 0 Å². The first-order valence-corrected chi connectivity index (χ1v) is 6.57. The van der Waals surface area contributed by atoms with Gasteiger partial charge in [-0.2, -0.15) is 0 Å². The average Bonchev–Trinajstić information content (AvgIpc) is 2.52. The summed E-state index contributed by atoms with van der Waals surface area (Å²) < 4.78 is 1.23. The predicted octanol–water partition coefficient (Wildman–Crippen LogP) is 0.723. The van der Waals surface area contributed by atoms with Crippen molar-refractivity contribution in [3.63, 3.8) is 0 Å².